The zero-order chi connectivity index (χ0) is 16.4. The van der Waals surface area contributed by atoms with Crippen LogP contribution in [0.25, 0.3) is 0 Å². The van der Waals surface area contributed by atoms with E-state index < -0.39 is 0 Å². The van der Waals surface area contributed by atoms with Gasteiger partial charge in [-0.15, -0.1) is 0 Å². The predicted molar refractivity (Wildman–Crippen MR) is 99.1 cm³/mol. The van der Waals surface area contributed by atoms with Gasteiger partial charge in [0.2, 0.25) is 0 Å². The molecule has 0 atom stereocenters. The van der Waals surface area contributed by atoms with Crippen LogP contribution in [0.5, 0.6) is 0 Å². The second-order valence-corrected chi connectivity index (χ2v) is 6.80. The van der Waals surface area contributed by atoms with E-state index in [0.717, 1.165) is 28.8 Å². The van der Waals surface area contributed by atoms with Crippen LogP contribution in [0, 0.1) is 6.92 Å². The molecule has 0 aromatic heterocycles. The highest BCUT2D eigenvalue weighted by molar-refractivity contribution is 9.10. The van der Waals surface area contributed by atoms with Gasteiger partial charge in [-0.2, -0.15) is 0 Å². The number of carbonyl (C=O) groups excluding carboxylic acids is 1. The molecule has 0 unspecified atom stereocenters. The van der Waals surface area contributed by atoms with E-state index in [1.54, 1.807) is 12.1 Å². The molecule has 1 heterocycles. The van der Waals surface area contributed by atoms with Gasteiger partial charge in [-0.3, -0.25) is 4.79 Å². The Morgan fingerprint density at radius 2 is 1.83 bits per heavy atom. The fourth-order valence-corrected chi connectivity index (χ4v) is 3.19. The van der Waals surface area contributed by atoms with Crippen molar-refractivity contribution in [1.29, 1.82) is 0 Å². The minimum Gasteiger partial charge on any atom is -0.397 e. The Hall–Kier alpha value is -2.01. The number of amides is 1. The SMILES string of the molecule is Cc1cc(N)c(NC(=O)c2ccc(Br)cc2)cc1N1CCCC1. The molecule has 5 heteroatoms. The van der Waals surface area contributed by atoms with E-state index in [2.05, 4.69) is 33.1 Å². The van der Waals surface area contributed by atoms with Crippen LogP contribution in [0.3, 0.4) is 0 Å². The summed E-state index contributed by atoms with van der Waals surface area (Å²) < 4.78 is 0.945. The first kappa shape index (κ1) is 15.9. The molecule has 1 aliphatic rings. The molecule has 0 spiro atoms. The van der Waals surface area contributed by atoms with Gasteiger partial charge in [0.05, 0.1) is 11.4 Å². The monoisotopic (exact) mass is 373 g/mol. The molecule has 120 valence electrons. The molecule has 0 aliphatic carbocycles. The number of halogens is 1. The number of anilines is 3. The van der Waals surface area contributed by atoms with E-state index in [1.165, 1.54) is 12.8 Å². The second-order valence-electron chi connectivity index (χ2n) is 5.88. The lowest BCUT2D eigenvalue weighted by Gasteiger charge is -2.22. The molecule has 0 bridgehead atoms. The topological polar surface area (TPSA) is 58.4 Å². The van der Waals surface area contributed by atoms with E-state index >= 15 is 0 Å². The van der Waals surface area contributed by atoms with E-state index in [4.69, 9.17) is 5.73 Å². The lowest BCUT2D eigenvalue weighted by molar-refractivity contribution is 0.102. The van der Waals surface area contributed by atoms with Gasteiger partial charge >= 0.3 is 0 Å². The number of rotatable bonds is 3. The van der Waals surface area contributed by atoms with Gasteiger partial charge in [-0.05, 0) is 61.7 Å². The number of aryl methyl sites for hydroxylation is 1. The molecule has 2 aromatic rings. The van der Waals surface area contributed by atoms with Crippen molar-refractivity contribution in [2.24, 2.45) is 0 Å². The number of nitrogen functional groups attached to an aromatic ring is 1. The molecule has 1 fully saturated rings. The maximum Gasteiger partial charge on any atom is 0.255 e. The fourth-order valence-electron chi connectivity index (χ4n) is 2.92. The van der Waals surface area contributed by atoms with Crippen molar-refractivity contribution < 1.29 is 4.79 Å². The average Bonchev–Trinajstić information content (AvgIpc) is 3.04. The molecule has 3 N–H and O–H groups in total. The van der Waals surface area contributed by atoms with Crippen LogP contribution < -0.4 is 16.0 Å². The first-order chi connectivity index (χ1) is 11.0. The zero-order valence-corrected chi connectivity index (χ0v) is 14.7. The van der Waals surface area contributed by atoms with Crippen LogP contribution in [-0.4, -0.2) is 19.0 Å². The highest BCUT2D eigenvalue weighted by Gasteiger charge is 2.17. The average molecular weight is 374 g/mol. The van der Waals surface area contributed by atoms with E-state index in [-0.39, 0.29) is 5.91 Å². The van der Waals surface area contributed by atoms with Gasteiger partial charge in [0, 0.05) is 28.8 Å². The summed E-state index contributed by atoms with van der Waals surface area (Å²) in [5.74, 6) is -0.152. The molecule has 2 aromatic carbocycles. The van der Waals surface area contributed by atoms with Gasteiger partial charge < -0.3 is 16.0 Å². The quantitative estimate of drug-likeness (QED) is 0.792. The van der Waals surface area contributed by atoms with E-state index in [9.17, 15) is 4.79 Å². The smallest absolute Gasteiger partial charge is 0.255 e. The minimum absolute atomic E-state index is 0.152. The maximum absolute atomic E-state index is 12.4. The van der Waals surface area contributed by atoms with Crippen LogP contribution in [0.4, 0.5) is 17.1 Å². The first-order valence-electron chi connectivity index (χ1n) is 7.76. The van der Waals surface area contributed by atoms with Crippen LogP contribution >= 0.6 is 15.9 Å². The molecule has 1 saturated heterocycles. The summed E-state index contributed by atoms with van der Waals surface area (Å²) in [5.41, 5.74) is 10.3. The third kappa shape index (κ3) is 3.50. The Kier molecular flexibility index (Phi) is 4.57. The molecule has 23 heavy (non-hydrogen) atoms. The molecular weight excluding hydrogens is 354 g/mol. The zero-order valence-electron chi connectivity index (χ0n) is 13.1. The number of hydrogen-bond donors (Lipinski definition) is 2. The molecular formula is C18H20BrN3O. The van der Waals surface area contributed by atoms with Crippen molar-refractivity contribution in [1.82, 2.24) is 0 Å². The van der Waals surface area contributed by atoms with Gasteiger partial charge in [0.25, 0.3) is 5.91 Å². The van der Waals surface area contributed by atoms with E-state index in [1.807, 2.05) is 24.3 Å². The van der Waals surface area contributed by atoms with Crippen LogP contribution in [0.2, 0.25) is 0 Å². The molecule has 3 rings (SSSR count). The van der Waals surface area contributed by atoms with Gasteiger partial charge in [-0.1, -0.05) is 15.9 Å². The number of benzene rings is 2. The first-order valence-corrected chi connectivity index (χ1v) is 8.56. The van der Waals surface area contributed by atoms with Crippen molar-refractivity contribution in [3.8, 4) is 0 Å². The summed E-state index contributed by atoms with van der Waals surface area (Å²) in [6.07, 6.45) is 2.43. The molecule has 1 amide bonds. The Balaban J connectivity index is 1.85. The largest absolute Gasteiger partial charge is 0.397 e. The van der Waals surface area contributed by atoms with Crippen molar-refractivity contribution in [3.63, 3.8) is 0 Å². The molecule has 0 saturated carbocycles. The predicted octanol–water partition coefficient (Wildman–Crippen LogP) is 4.19. The number of nitrogens with two attached hydrogens (primary N) is 1. The van der Waals surface area contributed by atoms with Crippen molar-refractivity contribution >= 4 is 38.9 Å². The van der Waals surface area contributed by atoms with Crippen LogP contribution in [0.1, 0.15) is 28.8 Å². The van der Waals surface area contributed by atoms with Crippen molar-refractivity contribution in [2.75, 3.05) is 29.0 Å². The number of hydrogen-bond acceptors (Lipinski definition) is 3. The normalized spacial score (nSPS) is 14.1. The highest BCUT2D eigenvalue weighted by atomic mass is 79.9. The Bertz CT molecular complexity index is 722. The van der Waals surface area contributed by atoms with Crippen molar-refractivity contribution in [3.05, 3.63) is 52.0 Å². The lowest BCUT2D eigenvalue weighted by atomic mass is 10.1. The maximum atomic E-state index is 12.4. The van der Waals surface area contributed by atoms with Crippen LogP contribution in [-0.2, 0) is 0 Å². The Morgan fingerprint density at radius 1 is 1.17 bits per heavy atom. The van der Waals surface area contributed by atoms with Crippen molar-refractivity contribution in [2.45, 2.75) is 19.8 Å². The van der Waals surface area contributed by atoms with Crippen LogP contribution in [0.15, 0.2) is 40.9 Å². The Labute approximate surface area is 144 Å². The number of nitrogens with one attached hydrogen (secondary N) is 1. The third-order valence-corrected chi connectivity index (χ3v) is 4.70. The summed E-state index contributed by atoms with van der Waals surface area (Å²) in [6, 6.07) is 11.2. The lowest BCUT2D eigenvalue weighted by Crippen LogP contribution is -2.20. The van der Waals surface area contributed by atoms with Gasteiger partial charge in [0.1, 0.15) is 0 Å². The fraction of sp³-hybridized carbons (Fsp3) is 0.278. The summed E-state index contributed by atoms with van der Waals surface area (Å²) in [7, 11) is 0. The van der Waals surface area contributed by atoms with Gasteiger partial charge in [-0.25, -0.2) is 0 Å². The molecule has 4 nitrogen and oxygen atoms in total. The summed E-state index contributed by atoms with van der Waals surface area (Å²) in [5, 5.41) is 2.93. The number of nitrogens with zero attached hydrogens (tertiary/aromatic N) is 1. The minimum atomic E-state index is -0.152. The molecule has 1 aliphatic heterocycles. The number of carbonyl (C=O) groups is 1. The summed E-state index contributed by atoms with van der Waals surface area (Å²) in [4.78, 5) is 14.8. The summed E-state index contributed by atoms with van der Waals surface area (Å²) in [6.45, 7) is 4.18. The van der Waals surface area contributed by atoms with Gasteiger partial charge in [0.15, 0.2) is 0 Å². The molecule has 0 radical (unpaired) electrons. The second kappa shape index (κ2) is 6.62. The third-order valence-electron chi connectivity index (χ3n) is 4.17. The highest BCUT2D eigenvalue weighted by Crippen LogP contribution is 2.32. The van der Waals surface area contributed by atoms with E-state index in [0.29, 0.717) is 16.9 Å². The summed E-state index contributed by atoms with van der Waals surface area (Å²) >= 11 is 3.37. The standard InChI is InChI=1S/C18H20BrN3O/c1-12-10-15(20)16(11-17(12)22-8-2-3-9-22)21-18(23)13-4-6-14(19)7-5-13/h4-7,10-11H,2-3,8-9,20H2,1H3,(H,21,23). The Morgan fingerprint density at radius 3 is 2.48 bits per heavy atom.